The molecule has 0 amide bonds. The summed E-state index contributed by atoms with van der Waals surface area (Å²) in [5.41, 5.74) is 2.61. The molecule has 1 aromatic carbocycles. The lowest BCUT2D eigenvalue weighted by Crippen LogP contribution is -2.31. The van der Waals surface area contributed by atoms with E-state index < -0.39 is 0 Å². The van der Waals surface area contributed by atoms with Gasteiger partial charge in [-0.25, -0.2) is 9.97 Å². The zero-order chi connectivity index (χ0) is 18.4. The van der Waals surface area contributed by atoms with E-state index in [1.165, 1.54) is 36.8 Å². The Balaban J connectivity index is 1.44. The van der Waals surface area contributed by atoms with E-state index in [9.17, 15) is 0 Å². The molecular formula is C21H26N4O2. The summed E-state index contributed by atoms with van der Waals surface area (Å²) >= 11 is 0. The molecule has 0 saturated heterocycles. The van der Waals surface area contributed by atoms with E-state index in [0.717, 1.165) is 48.5 Å². The molecule has 1 N–H and O–H groups in total. The average molecular weight is 366 g/mol. The summed E-state index contributed by atoms with van der Waals surface area (Å²) in [5, 5.41) is 3.56. The van der Waals surface area contributed by atoms with E-state index in [0.29, 0.717) is 12.0 Å². The number of aromatic nitrogens is 2. The van der Waals surface area contributed by atoms with Crippen molar-refractivity contribution in [1.82, 2.24) is 9.97 Å². The molecule has 2 aliphatic carbocycles. The van der Waals surface area contributed by atoms with Crippen LogP contribution in [0.3, 0.4) is 0 Å². The highest BCUT2D eigenvalue weighted by Gasteiger charge is 2.30. The Hall–Kier alpha value is -2.50. The molecule has 1 aromatic heterocycles. The predicted octanol–water partition coefficient (Wildman–Crippen LogP) is 3.51. The molecule has 6 nitrogen and oxygen atoms in total. The van der Waals surface area contributed by atoms with Crippen LogP contribution in [-0.4, -0.2) is 36.8 Å². The van der Waals surface area contributed by atoms with E-state index >= 15 is 0 Å². The zero-order valence-corrected chi connectivity index (χ0v) is 16.0. The maximum atomic E-state index is 5.49. The summed E-state index contributed by atoms with van der Waals surface area (Å²) in [6.07, 6.45) is 5.90. The Morgan fingerprint density at radius 3 is 2.37 bits per heavy atom. The molecule has 6 heteroatoms. The highest BCUT2D eigenvalue weighted by molar-refractivity contribution is 5.55. The van der Waals surface area contributed by atoms with E-state index in [2.05, 4.69) is 28.4 Å². The summed E-state index contributed by atoms with van der Waals surface area (Å²) in [7, 11) is 3.38. The number of rotatable bonds is 6. The van der Waals surface area contributed by atoms with Gasteiger partial charge in [0.05, 0.1) is 14.2 Å². The molecule has 142 valence electrons. The molecule has 1 aliphatic heterocycles. The first-order valence-electron chi connectivity index (χ1n) is 9.87. The Kier molecular flexibility index (Phi) is 4.06. The molecular weight excluding hydrogens is 340 g/mol. The van der Waals surface area contributed by atoms with Crippen molar-refractivity contribution in [1.29, 1.82) is 0 Å². The molecule has 5 rings (SSSR count). The lowest BCUT2D eigenvalue weighted by atomic mass is 9.99. The number of fused-ring (bicyclic) bond motifs is 1. The molecule has 2 fully saturated rings. The molecule has 2 saturated carbocycles. The highest BCUT2D eigenvalue weighted by atomic mass is 16.5. The monoisotopic (exact) mass is 366 g/mol. The summed E-state index contributed by atoms with van der Waals surface area (Å²) < 4.78 is 10.9. The van der Waals surface area contributed by atoms with Gasteiger partial charge in [-0.2, -0.15) is 0 Å². The molecule has 27 heavy (non-hydrogen) atoms. The fourth-order valence-corrected chi connectivity index (χ4v) is 3.73. The van der Waals surface area contributed by atoms with Gasteiger partial charge in [-0.3, -0.25) is 0 Å². The maximum Gasteiger partial charge on any atom is 0.161 e. The van der Waals surface area contributed by atoms with Gasteiger partial charge in [-0.05, 0) is 55.4 Å². The zero-order valence-electron chi connectivity index (χ0n) is 16.0. The molecule has 2 aromatic rings. The van der Waals surface area contributed by atoms with Gasteiger partial charge in [0.1, 0.15) is 17.5 Å². The second-order valence-corrected chi connectivity index (χ2v) is 7.81. The largest absolute Gasteiger partial charge is 0.493 e. The maximum absolute atomic E-state index is 5.49. The molecule has 0 spiro atoms. The van der Waals surface area contributed by atoms with Crippen LogP contribution >= 0.6 is 0 Å². The van der Waals surface area contributed by atoms with Crippen molar-refractivity contribution in [3.8, 4) is 11.5 Å². The Morgan fingerprint density at radius 1 is 0.963 bits per heavy atom. The van der Waals surface area contributed by atoms with Gasteiger partial charge in [-0.15, -0.1) is 0 Å². The van der Waals surface area contributed by atoms with Crippen molar-refractivity contribution in [2.75, 3.05) is 31.0 Å². The first kappa shape index (κ1) is 16.7. The van der Waals surface area contributed by atoms with Crippen molar-refractivity contribution in [2.24, 2.45) is 0 Å². The van der Waals surface area contributed by atoms with Crippen LogP contribution in [0.4, 0.5) is 11.6 Å². The minimum atomic E-state index is 0.547. The summed E-state index contributed by atoms with van der Waals surface area (Å²) in [4.78, 5) is 12.1. The van der Waals surface area contributed by atoms with E-state index in [4.69, 9.17) is 19.4 Å². The topological polar surface area (TPSA) is 59.5 Å². The fourth-order valence-electron chi connectivity index (χ4n) is 3.73. The Morgan fingerprint density at radius 2 is 1.70 bits per heavy atom. The number of methoxy groups -OCH3 is 2. The minimum Gasteiger partial charge on any atom is -0.493 e. The van der Waals surface area contributed by atoms with E-state index in [-0.39, 0.29) is 0 Å². The van der Waals surface area contributed by atoms with Crippen LogP contribution in [0.1, 0.15) is 48.6 Å². The third-order valence-corrected chi connectivity index (χ3v) is 5.64. The standard InChI is InChI=1S/C21H26N4O2/c1-26-17-9-14-7-8-25(12-15(14)10-18(17)27-2)20-11-19(22-16-5-6-16)23-21(24-20)13-3-4-13/h9-11,13,16H,3-8,12H2,1-2H3,(H,22,23,24). The molecule has 2 heterocycles. The summed E-state index contributed by atoms with van der Waals surface area (Å²) in [5.74, 6) is 5.17. The number of hydrogen-bond acceptors (Lipinski definition) is 6. The van der Waals surface area contributed by atoms with Crippen molar-refractivity contribution in [3.05, 3.63) is 35.2 Å². The van der Waals surface area contributed by atoms with Gasteiger partial charge in [0.2, 0.25) is 0 Å². The first-order valence-corrected chi connectivity index (χ1v) is 9.87. The first-order chi connectivity index (χ1) is 13.2. The van der Waals surface area contributed by atoms with E-state index in [1.807, 2.05) is 0 Å². The van der Waals surface area contributed by atoms with E-state index in [1.54, 1.807) is 14.2 Å². The Bertz CT molecular complexity index is 862. The predicted molar refractivity (Wildman–Crippen MR) is 105 cm³/mol. The van der Waals surface area contributed by atoms with Gasteiger partial charge in [-0.1, -0.05) is 0 Å². The van der Waals surface area contributed by atoms with Crippen LogP contribution in [0.5, 0.6) is 11.5 Å². The summed E-state index contributed by atoms with van der Waals surface area (Å²) in [6, 6.07) is 6.93. The number of nitrogens with one attached hydrogen (secondary N) is 1. The van der Waals surface area contributed by atoms with Gasteiger partial charge >= 0.3 is 0 Å². The van der Waals surface area contributed by atoms with Crippen LogP contribution in [0.25, 0.3) is 0 Å². The quantitative estimate of drug-likeness (QED) is 0.844. The molecule has 0 radical (unpaired) electrons. The number of benzene rings is 1. The molecule has 3 aliphatic rings. The number of ether oxygens (including phenoxy) is 2. The van der Waals surface area contributed by atoms with Crippen LogP contribution in [0.2, 0.25) is 0 Å². The third kappa shape index (κ3) is 3.40. The lowest BCUT2D eigenvalue weighted by molar-refractivity contribution is 0.353. The number of nitrogens with zero attached hydrogens (tertiary/aromatic N) is 3. The highest BCUT2D eigenvalue weighted by Crippen LogP contribution is 2.40. The van der Waals surface area contributed by atoms with Gasteiger partial charge in [0.15, 0.2) is 11.5 Å². The number of hydrogen-bond donors (Lipinski definition) is 1. The average Bonchev–Trinajstić information content (AvgIpc) is 3.60. The van der Waals surface area contributed by atoms with Gasteiger partial charge < -0.3 is 19.7 Å². The third-order valence-electron chi connectivity index (χ3n) is 5.64. The van der Waals surface area contributed by atoms with Crippen molar-refractivity contribution < 1.29 is 9.47 Å². The van der Waals surface area contributed by atoms with Crippen LogP contribution < -0.4 is 19.7 Å². The summed E-state index contributed by atoms with van der Waals surface area (Å²) in [6.45, 7) is 1.78. The van der Waals surface area contributed by atoms with Crippen LogP contribution in [0.15, 0.2) is 18.2 Å². The van der Waals surface area contributed by atoms with Crippen molar-refractivity contribution in [3.63, 3.8) is 0 Å². The molecule has 0 bridgehead atoms. The second kappa shape index (κ2) is 6.59. The second-order valence-electron chi connectivity index (χ2n) is 7.81. The molecule has 0 unspecified atom stereocenters. The smallest absolute Gasteiger partial charge is 0.161 e. The van der Waals surface area contributed by atoms with Gasteiger partial charge in [0.25, 0.3) is 0 Å². The van der Waals surface area contributed by atoms with Crippen LogP contribution in [0, 0.1) is 0 Å². The van der Waals surface area contributed by atoms with Crippen LogP contribution in [-0.2, 0) is 13.0 Å². The SMILES string of the molecule is COc1cc2c(cc1OC)CN(c1cc(NC3CC3)nc(C3CC3)n1)CC2. The van der Waals surface area contributed by atoms with Gasteiger partial charge in [0, 0.05) is 31.1 Å². The number of anilines is 2. The fraction of sp³-hybridized carbons (Fsp3) is 0.524. The van der Waals surface area contributed by atoms with Crippen molar-refractivity contribution >= 4 is 11.6 Å². The minimum absolute atomic E-state index is 0.547. The Labute approximate surface area is 159 Å². The molecule has 0 atom stereocenters. The lowest BCUT2D eigenvalue weighted by Gasteiger charge is -2.31. The normalized spacial score (nSPS) is 18.8. The van der Waals surface area contributed by atoms with Crippen molar-refractivity contribution in [2.45, 2.75) is 50.6 Å².